The second-order valence-electron chi connectivity index (χ2n) is 6.23. The highest BCUT2D eigenvalue weighted by atomic mass is 15.3. The smallest absolute Gasteiger partial charge is 0.191 e. The number of hydrogen-bond donors (Lipinski definition) is 2. The molecule has 26 heavy (non-hydrogen) atoms. The normalized spacial score (nSPS) is 11.4. The van der Waals surface area contributed by atoms with Gasteiger partial charge in [0.15, 0.2) is 5.96 Å². The first kappa shape index (κ1) is 17.7. The van der Waals surface area contributed by atoms with E-state index in [0.29, 0.717) is 6.54 Å². The Morgan fingerprint density at radius 2 is 1.65 bits per heavy atom. The monoisotopic (exact) mass is 347 g/mol. The molecule has 3 rings (SSSR count). The maximum absolute atomic E-state index is 4.61. The van der Waals surface area contributed by atoms with Gasteiger partial charge in [-0.2, -0.15) is 5.10 Å². The minimum Gasteiger partial charge on any atom is -0.352 e. The largest absolute Gasteiger partial charge is 0.352 e. The van der Waals surface area contributed by atoms with Crippen LogP contribution in [0.1, 0.15) is 22.5 Å². The summed E-state index contributed by atoms with van der Waals surface area (Å²) in [5.74, 6) is 0.775. The maximum atomic E-state index is 4.61. The average molecular weight is 347 g/mol. The predicted octanol–water partition coefficient (Wildman–Crippen LogP) is 3.35. The molecule has 2 N–H and O–H groups in total. The van der Waals surface area contributed by atoms with Crippen LogP contribution in [0.3, 0.4) is 0 Å². The van der Waals surface area contributed by atoms with Gasteiger partial charge >= 0.3 is 0 Å². The second-order valence-corrected chi connectivity index (χ2v) is 6.23. The fourth-order valence-electron chi connectivity index (χ4n) is 2.92. The Morgan fingerprint density at radius 3 is 2.35 bits per heavy atom. The molecule has 0 radical (unpaired) electrons. The Hall–Kier alpha value is -3.08. The van der Waals surface area contributed by atoms with Crippen LogP contribution in [0.5, 0.6) is 0 Å². The lowest BCUT2D eigenvalue weighted by atomic mass is 10.1. The summed E-state index contributed by atoms with van der Waals surface area (Å²) in [5, 5.41) is 11.3. The Morgan fingerprint density at radius 1 is 0.962 bits per heavy atom. The van der Waals surface area contributed by atoms with Gasteiger partial charge in [-0.05, 0) is 37.1 Å². The average Bonchev–Trinajstić information content (AvgIpc) is 3.01. The van der Waals surface area contributed by atoms with Crippen molar-refractivity contribution in [1.29, 1.82) is 0 Å². The highest BCUT2D eigenvalue weighted by molar-refractivity contribution is 5.79. The van der Waals surface area contributed by atoms with E-state index in [1.54, 1.807) is 7.05 Å². The number of rotatable bonds is 5. The van der Waals surface area contributed by atoms with Gasteiger partial charge < -0.3 is 10.6 Å². The van der Waals surface area contributed by atoms with Crippen LogP contribution in [0.4, 0.5) is 0 Å². The molecule has 0 saturated carbocycles. The number of aromatic nitrogens is 2. The number of aryl methyl sites for hydroxylation is 2. The molecule has 5 heteroatoms. The second kappa shape index (κ2) is 8.34. The van der Waals surface area contributed by atoms with Gasteiger partial charge in [0.05, 0.1) is 11.4 Å². The molecule has 134 valence electrons. The first-order chi connectivity index (χ1) is 12.7. The minimum absolute atomic E-state index is 0.670. The van der Waals surface area contributed by atoms with Gasteiger partial charge in [0, 0.05) is 25.8 Å². The molecule has 0 aliphatic rings. The van der Waals surface area contributed by atoms with Gasteiger partial charge in [-0.3, -0.25) is 4.99 Å². The van der Waals surface area contributed by atoms with E-state index in [2.05, 4.69) is 58.0 Å². The Bertz CT molecular complexity index is 880. The zero-order chi connectivity index (χ0) is 18.4. The van der Waals surface area contributed by atoms with E-state index in [-0.39, 0.29) is 0 Å². The van der Waals surface area contributed by atoms with Crippen LogP contribution in [0.2, 0.25) is 0 Å². The van der Waals surface area contributed by atoms with E-state index in [4.69, 9.17) is 0 Å². The third-order valence-corrected chi connectivity index (χ3v) is 4.20. The van der Waals surface area contributed by atoms with Crippen LogP contribution < -0.4 is 10.6 Å². The molecule has 0 amide bonds. The number of benzene rings is 2. The number of aliphatic imine (C=N–C) groups is 1. The molecule has 0 unspecified atom stereocenters. The quantitative estimate of drug-likeness (QED) is 0.550. The highest BCUT2D eigenvalue weighted by Crippen LogP contribution is 2.16. The van der Waals surface area contributed by atoms with Crippen molar-refractivity contribution in [3.8, 4) is 5.69 Å². The maximum Gasteiger partial charge on any atom is 0.191 e. The van der Waals surface area contributed by atoms with E-state index >= 15 is 0 Å². The topological polar surface area (TPSA) is 54.2 Å². The Kier molecular flexibility index (Phi) is 5.69. The molecular weight excluding hydrogens is 322 g/mol. The number of nitrogens with zero attached hydrogens (tertiary/aromatic N) is 3. The lowest BCUT2D eigenvalue weighted by Crippen LogP contribution is -2.36. The molecule has 0 aliphatic heterocycles. The Balaban J connectivity index is 1.68. The van der Waals surface area contributed by atoms with Crippen molar-refractivity contribution >= 4 is 5.96 Å². The van der Waals surface area contributed by atoms with Crippen LogP contribution in [-0.2, 0) is 13.1 Å². The summed E-state index contributed by atoms with van der Waals surface area (Å²) < 4.78 is 1.99. The zero-order valence-electron chi connectivity index (χ0n) is 15.5. The first-order valence-electron chi connectivity index (χ1n) is 8.77. The third kappa shape index (κ3) is 4.30. The predicted molar refractivity (Wildman–Crippen MR) is 107 cm³/mol. The Labute approximate surface area is 154 Å². The summed E-state index contributed by atoms with van der Waals surface area (Å²) in [6.07, 6.45) is 0. The van der Waals surface area contributed by atoms with Gasteiger partial charge in [-0.25, -0.2) is 4.68 Å². The van der Waals surface area contributed by atoms with Crippen molar-refractivity contribution < 1.29 is 0 Å². The third-order valence-electron chi connectivity index (χ3n) is 4.20. The van der Waals surface area contributed by atoms with E-state index in [1.807, 2.05) is 41.9 Å². The van der Waals surface area contributed by atoms with Crippen molar-refractivity contribution in [3.63, 3.8) is 0 Å². The van der Waals surface area contributed by atoms with E-state index in [9.17, 15) is 0 Å². The summed E-state index contributed by atoms with van der Waals surface area (Å²) in [6, 6.07) is 20.7. The number of nitrogens with one attached hydrogen (secondary N) is 2. The van der Waals surface area contributed by atoms with Crippen LogP contribution in [0, 0.1) is 13.8 Å². The van der Waals surface area contributed by atoms with E-state index < -0.39 is 0 Å². The fraction of sp³-hybridized carbons (Fsp3) is 0.238. The van der Waals surface area contributed by atoms with Crippen LogP contribution in [0.15, 0.2) is 65.7 Å². The molecule has 0 atom stereocenters. The van der Waals surface area contributed by atoms with Crippen LogP contribution >= 0.6 is 0 Å². The van der Waals surface area contributed by atoms with Gasteiger partial charge in [-0.1, -0.05) is 48.5 Å². The lowest BCUT2D eigenvalue weighted by Gasteiger charge is -2.15. The molecule has 0 bridgehead atoms. The minimum atomic E-state index is 0.670. The lowest BCUT2D eigenvalue weighted by molar-refractivity contribution is 0.781. The number of guanidine groups is 1. The van der Waals surface area contributed by atoms with Crippen molar-refractivity contribution in [3.05, 3.63) is 83.2 Å². The molecule has 1 aromatic heterocycles. The molecule has 0 saturated heterocycles. The van der Waals surface area contributed by atoms with Crippen molar-refractivity contribution in [2.45, 2.75) is 26.9 Å². The number of para-hydroxylation sites is 1. The molecule has 3 aromatic rings. The molecule has 0 aliphatic carbocycles. The van der Waals surface area contributed by atoms with Crippen LogP contribution in [-0.4, -0.2) is 22.8 Å². The first-order valence-corrected chi connectivity index (χ1v) is 8.77. The molecular formula is C21H25N5. The van der Waals surface area contributed by atoms with Gasteiger partial charge in [0.2, 0.25) is 0 Å². The molecule has 0 spiro atoms. The van der Waals surface area contributed by atoms with Gasteiger partial charge in [-0.15, -0.1) is 0 Å². The summed E-state index contributed by atoms with van der Waals surface area (Å²) in [5.41, 5.74) is 5.62. The summed E-state index contributed by atoms with van der Waals surface area (Å²) in [6.45, 7) is 5.49. The standard InChI is InChI=1S/C21H25N5/c1-16-13-17(2)26(25-16)20-12-8-7-11-19(20)15-24-21(22-3)23-14-18-9-5-4-6-10-18/h4-13H,14-15H2,1-3H3,(H2,22,23,24). The van der Waals surface area contributed by atoms with Gasteiger partial charge in [0.25, 0.3) is 0 Å². The van der Waals surface area contributed by atoms with Crippen molar-refractivity contribution in [2.24, 2.45) is 4.99 Å². The summed E-state index contributed by atoms with van der Waals surface area (Å²) in [4.78, 5) is 4.31. The fourth-order valence-corrected chi connectivity index (χ4v) is 2.92. The van der Waals surface area contributed by atoms with E-state index in [0.717, 1.165) is 29.6 Å². The highest BCUT2D eigenvalue weighted by Gasteiger charge is 2.09. The zero-order valence-corrected chi connectivity index (χ0v) is 15.5. The molecule has 0 fully saturated rings. The van der Waals surface area contributed by atoms with Crippen molar-refractivity contribution in [2.75, 3.05) is 7.05 Å². The molecule has 2 aromatic carbocycles. The van der Waals surface area contributed by atoms with E-state index in [1.165, 1.54) is 11.1 Å². The van der Waals surface area contributed by atoms with Gasteiger partial charge in [0.1, 0.15) is 0 Å². The molecule has 5 nitrogen and oxygen atoms in total. The number of hydrogen-bond acceptors (Lipinski definition) is 2. The summed E-state index contributed by atoms with van der Waals surface area (Å²) in [7, 11) is 1.78. The molecule has 1 heterocycles. The van der Waals surface area contributed by atoms with Crippen LogP contribution in [0.25, 0.3) is 5.69 Å². The van der Waals surface area contributed by atoms with Crippen molar-refractivity contribution in [1.82, 2.24) is 20.4 Å². The summed E-state index contributed by atoms with van der Waals surface area (Å²) >= 11 is 0. The SMILES string of the molecule is CN=C(NCc1ccccc1)NCc1ccccc1-n1nc(C)cc1C.